The molecule has 0 aliphatic rings. The molecule has 89 heavy (non-hydrogen) atoms. The van der Waals surface area contributed by atoms with E-state index in [1.807, 2.05) is 72.8 Å². The number of benzene rings is 4. The number of rotatable bonds is 62. The third kappa shape index (κ3) is 34.9. The first kappa shape index (κ1) is 76.5. The van der Waals surface area contributed by atoms with Crippen LogP contribution in [-0.2, 0) is 79.2 Å². The van der Waals surface area contributed by atoms with E-state index in [4.69, 9.17) is 121 Å². The highest BCUT2D eigenvalue weighted by molar-refractivity contribution is 5.81. The zero-order valence-corrected chi connectivity index (χ0v) is 51.7. The van der Waals surface area contributed by atoms with Gasteiger partial charge >= 0.3 is 0 Å². The molecule has 4 aromatic carbocycles. The lowest BCUT2D eigenvalue weighted by molar-refractivity contribution is 0.00807. The van der Waals surface area contributed by atoms with Crippen molar-refractivity contribution in [3.8, 4) is 56.8 Å². The van der Waals surface area contributed by atoms with Crippen molar-refractivity contribution in [1.29, 1.82) is 0 Å². The van der Waals surface area contributed by atoms with Crippen LogP contribution in [0.4, 0.5) is 0 Å². The van der Waals surface area contributed by atoms with Gasteiger partial charge < -0.3 is 121 Å². The first-order valence-corrected chi connectivity index (χ1v) is 30.5. The number of hydrogen-bond acceptors (Lipinski definition) is 25. The van der Waals surface area contributed by atoms with Gasteiger partial charge in [0.05, 0.1) is 225 Å². The van der Waals surface area contributed by atoms with Gasteiger partial charge in [0.15, 0.2) is 0 Å². The molecule has 504 valence electrons. The smallest absolute Gasteiger partial charge is 0.135 e. The minimum absolute atomic E-state index is 0.0568. The zero-order valence-electron chi connectivity index (χ0n) is 51.7. The Labute approximate surface area is 523 Å². The van der Waals surface area contributed by atoms with Crippen molar-refractivity contribution in [3.05, 3.63) is 83.9 Å². The first-order valence-electron chi connectivity index (χ1n) is 30.5. The molecule has 0 saturated heterocycles. The van der Waals surface area contributed by atoms with Crippen molar-refractivity contribution in [2.45, 2.75) is 12.8 Å². The molecule has 0 aliphatic heterocycles. The number of aliphatic hydroxyl groups excluding tert-OH is 6. The third-order valence-electron chi connectivity index (χ3n) is 12.3. The Hall–Kier alpha value is -4.92. The summed E-state index contributed by atoms with van der Waals surface area (Å²) in [5, 5.41) is 54.4. The molecule has 4 aromatic rings. The predicted octanol–water partition coefficient (Wildman–Crippen LogP) is 3.60. The number of ether oxygens (including phenoxy) is 19. The fourth-order valence-electron chi connectivity index (χ4n) is 8.30. The molecule has 0 atom stereocenters. The monoisotopic (exact) mass is 1270 g/mol. The second-order valence-corrected chi connectivity index (χ2v) is 18.8. The highest BCUT2D eigenvalue weighted by atomic mass is 16.6. The molecule has 0 unspecified atom stereocenters. The van der Waals surface area contributed by atoms with Gasteiger partial charge in [0.2, 0.25) is 0 Å². The maximum Gasteiger partial charge on any atom is 0.135 e. The molecule has 0 fully saturated rings. The van der Waals surface area contributed by atoms with Crippen LogP contribution in [0.3, 0.4) is 0 Å². The second-order valence-electron chi connectivity index (χ2n) is 18.8. The van der Waals surface area contributed by atoms with E-state index in [0.29, 0.717) is 166 Å². The quantitative estimate of drug-likeness (QED) is 0.0344. The molecule has 0 amide bonds. The van der Waals surface area contributed by atoms with Crippen LogP contribution in [0.5, 0.6) is 34.5 Å². The van der Waals surface area contributed by atoms with Crippen molar-refractivity contribution < 1.29 is 121 Å². The Morgan fingerprint density at radius 3 is 0.674 bits per heavy atom. The van der Waals surface area contributed by atoms with E-state index in [1.165, 1.54) is 0 Å². The van der Waals surface area contributed by atoms with Crippen LogP contribution in [0.25, 0.3) is 22.3 Å². The fraction of sp³-hybridized carbons (Fsp3) is 0.625. The molecule has 25 heteroatoms. The van der Waals surface area contributed by atoms with Crippen molar-refractivity contribution in [2.75, 3.05) is 251 Å². The molecule has 0 aromatic heterocycles. The summed E-state index contributed by atoms with van der Waals surface area (Å²) in [6.45, 7) is 9.13. The van der Waals surface area contributed by atoms with E-state index in [-0.39, 0.29) is 132 Å². The Bertz CT molecular complexity index is 2120. The SMILES string of the molecule is OCCOCCOCCOCCc1c(OCCOCCOCCO)ccc(Oc2ccc(OCCOCCOCCO)c(CCOCCOCCOCCO)c2-c2ccc(OCCOCCOCCO)cc2)c1-c1ccc(OCCOCCOCCO)cc1. The molecule has 0 heterocycles. The highest BCUT2D eigenvalue weighted by Gasteiger charge is 2.23. The average molecular weight is 1270 g/mol. The van der Waals surface area contributed by atoms with E-state index in [0.717, 1.165) is 33.4 Å². The summed E-state index contributed by atoms with van der Waals surface area (Å²) in [6, 6.07) is 22.9. The van der Waals surface area contributed by atoms with Crippen LogP contribution in [0, 0.1) is 0 Å². The maximum atomic E-state index is 9.13. The molecule has 0 aliphatic carbocycles. The van der Waals surface area contributed by atoms with Gasteiger partial charge in [-0.15, -0.1) is 0 Å². The molecule has 0 radical (unpaired) electrons. The summed E-state index contributed by atoms with van der Waals surface area (Å²) < 4.78 is 111. The standard InChI is InChI=1S/C64H98O25/c65-15-23-73-31-39-79-37-29-71-21-13-57-59(87-51-47-83-43-35-77-27-19-69)9-11-61(63(57)53-1-5-55(6-2-53)85-49-45-81-41-33-75-25-17-67)89-62-12-10-60(88-52-48-84-44-36-78-28-20-70)58(14-22-72-30-38-80-40-32-74-24-16-66)64(62)54-3-7-56(8-4-54)86-50-46-82-42-34-76-26-18-68/h1-12,65-70H,13-52H2. The summed E-state index contributed by atoms with van der Waals surface area (Å²) in [5.74, 6) is 3.38. The molecular weight excluding hydrogens is 1170 g/mol. The fourth-order valence-corrected chi connectivity index (χ4v) is 8.30. The normalized spacial score (nSPS) is 11.4. The van der Waals surface area contributed by atoms with Gasteiger partial charge in [0.1, 0.15) is 60.9 Å². The molecule has 0 saturated carbocycles. The first-order chi connectivity index (χ1) is 44.1. The van der Waals surface area contributed by atoms with Gasteiger partial charge in [-0.3, -0.25) is 0 Å². The van der Waals surface area contributed by atoms with E-state index in [1.54, 1.807) is 0 Å². The van der Waals surface area contributed by atoms with Gasteiger partial charge in [-0.25, -0.2) is 0 Å². The van der Waals surface area contributed by atoms with Crippen LogP contribution >= 0.6 is 0 Å². The van der Waals surface area contributed by atoms with Gasteiger partial charge in [-0.2, -0.15) is 0 Å². The maximum absolute atomic E-state index is 9.13. The topological polar surface area (TPSA) is 297 Å². The Morgan fingerprint density at radius 1 is 0.202 bits per heavy atom. The van der Waals surface area contributed by atoms with Crippen LogP contribution in [0.15, 0.2) is 72.8 Å². The molecule has 6 N–H and O–H groups in total. The second kappa shape index (κ2) is 53.7. The Balaban J connectivity index is 1.80. The largest absolute Gasteiger partial charge is 0.491 e. The minimum Gasteiger partial charge on any atom is -0.491 e. The third-order valence-corrected chi connectivity index (χ3v) is 12.3. The van der Waals surface area contributed by atoms with Gasteiger partial charge in [-0.05, 0) is 59.7 Å². The number of hydrogen-bond donors (Lipinski definition) is 6. The molecule has 25 nitrogen and oxygen atoms in total. The molecule has 4 rings (SSSR count). The molecule has 0 bridgehead atoms. The summed E-state index contributed by atoms with van der Waals surface area (Å²) >= 11 is 0. The van der Waals surface area contributed by atoms with Gasteiger partial charge in [0, 0.05) is 35.1 Å². The predicted molar refractivity (Wildman–Crippen MR) is 327 cm³/mol. The van der Waals surface area contributed by atoms with Crippen molar-refractivity contribution >= 4 is 0 Å². The molecule has 0 spiro atoms. The molecular formula is C64H98O25. The zero-order chi connectivity index (χ0) is 63.1. The van der Waals surface area contributed by atoms with Crippen molar-refractivity contribution in [1.82, 2.24) is 0 Å². The van der Waals surface area contributed by atoms with Crippen LogP contribution in [0.1, 0.15) is 11.1 Å². The lowest BCUT2D eigenvalue weighted by Crippen LogP contribution is -2.14. The van der Waals surface area contributed by atoms with Crippen molar-refractivity contribution in [3.63, 3.8) is 0 Å². The van der Waals surface area contributed by atoms with Gasteiger partial charge in [-0.1, -0.05) is 24.3 Å². The van der Waals surface area contributed by atoms with Crippen LogP contribution in [-0.4, -0.2) is 282 Å². The van der Waals surface area contributed by atoms with Crippen LogP contribution < -0.4 is 23.7 Å². The van der Waals surface area contributed by atoms with Gasteiger partial charge in [0.25, 0.3) is 0 Å². The number of aliphatic hydroxyl groups is 6. The van der Waals surface area contributed by atoms with E-state index in [9.17, 15) is 0 Å². The Morgan fingerprint density at radius 2 is 0.416 bits per heavy atom. The summed E-state index contributed by atoms with van der Waals surface area (Å²) in [7, 11) is 0. The lowest BCUT2D eigenvalue weighted by Gasteiger charge is -2.23. The summed E-state index contributed by atoms with van der Waals surface area (Å²) in [4.78, 5) is 0. The minimum atomic E-state index is -0.0791. The Kier molecular flexibility index (Phi) is 46.2. The summed E-state index contributed by atoms with van der Waals surface area (Å²) in [6.07, 6.45) is 0.770. The highest BCUT2D eigenvalue weighted by Crippen LogP contribution is 2.46. The summed E-state index contributed by atoms with van der Waals surface area (Å²) in [5.41, 5.74) is 4.61. The van der Waals surface area contributed by atoms with E-state index >= 15 is 0 Å². The van der Waals surface area contributed by atoms with E-state index in [2.05, 4.69) is 0 Å². The lowest BCUT2D eigenvalue weighted by atomic mass is 9.94. The van der Waals surface area contributed by atoms with E-state index < -0.39 is 0 Å². The van der Waals surface area contributed by atoms with Crippen molar-refractivity contribution in [2.24, 2.45) is 0 Å². The average Bonchev–Trinajstić information content (AvgIpc) is 0.896. The van der Waals surface area contributed by atoms with Crippen LogP contribution in [0.2, 0.25) is 0 Å².